The maximum atomic E-state index is 13.0. The molecule has 0 radical (unpaired) electrons. The summed E-state index contributed by atoms with van der Waals surface area (Å²) in [4.78, 5) is 13.0. The van der Waals surface area contributed by atoms with Crippen molar-refractivity contribution in [3.05, 3.63) is 57.8 Å². The van der Waals surface area contributed by atoms with Gasteiger partial charge in [-0.25, -0.2) is 0 Å². The second kappa shape index (κ2) is 5.13. The van der Waals surface area contributed by atoms with Crippen molar-refractivity contribution >= 4 is 21.9 Å². The Labute approximate surface area is 139 Å². The molecule has 0 N–H and O–H groups in total. The summed E-state index contributed by atoms with van der Waals surface area (Å²) in [7, 11) is 1.57. The van der Waals surface area contributed by atoms with E-state index in [0.717, 1.165) is 22.4 Å². The van der Waals surface area contributed by atoms with Gasteiger partial charge in [-0.3, -0.25) is 4.79 Å². The summed E-state index contributed by atoms with van der Waals surface area (Å²) in [5, 5.41) is 1.14. The van der Waals surface area contributed by atoms with E-state index in [0.29, 0.717) is 34.1 Å². The molecular formula is C20H18O4. The average Bonchev–Trinajstić information content (AvgIpc) is 2.98. The first kappa shape index (κ1) is 14.8. The van der Waals surface area contributed by atoms with Crippen LogP contribution in [-0.2, 0) is 6.42 Å². The fourth-order valence-electron chi connectivity index (χ4n) is 3.34. The summed E-state index contributed by atoms with van der Waals surface area (Å²) in [6, 6.07) is 7.28. The molecule has 24 heavy (non-hydrogen) atoms. The molecule has 0 bridgehead atoms. The topological polar surface area (TPSA) is 48.7 Å². The van der Waals surface area contributed by atoms with Crippen molar-refractivity contribution in [2.24, 2.45) is 0 Å². The maximum absolute atomic E-state index is 13.0. The molecule has 4 nitrogen and oxygen atoms in total. The van der Waals surface area contributed by atoms with Crippen LogP contribution in [0.1, 0.15) is 18.1 Å². The Morgan fingerprint density at radius 3 is 2.83 bits per heavy atom. The number of hydrogen-bond acceptors (Lipinski definition) is 4. The van der Waals surface area contributed by atoms with Crippen LogP contribution < -0.4 is 14.9 Å². The van der Waals surface area contributed by atoms with Crippen LogP contribution in [0.25, 0.3) is 21.9 Å². The molecule has 122 valence electrons. The molecule has 1 atom stereocenters. The van der Waals surface area contributed by atoms with E-state index in [9.17, 15) is 4.79 Å². The predicted octanol–water partition coefficient (Wildman–Crippen LogP) is 4.14. The van der Waals surface area contributed by atoms with Gasteiger partial charge in [-0.2, -0.15) is 0 Å². The summed E-state index contributed by atoms with van der Waals surface area (Å²) in [5.74, 6) is 1.32. The Kier molecular flexibility index (Phi) is 3.17. The molecule has 1 aliphatic rings. The summed E-state index contributed by atoms with van der Waals surface area (Å²) < 4.78 is 17.5. The van der Waals surface area contributed by atoms with Crippen molar-refractivity contribution in [1.82, 2.24) is 0 Å². The monoisotopic (exact) mass is 322 g/mol. The molecule has 0 saturated heterocycles. The Morgan fingerprint density at radius 2 is 2.12 bits per heavy atom. The normalized spacial score (nSPS) is 16.2. The third-order valence-corrected chi connectivity index (χ3v) is 4.62. The highest BCUT2D eigenvalue weighted by Gasteiger charge is 2.29. The van der Waals surface area contributed by atoms with Gasteiger partial charge in [0.2, 0.25) is 5.43 Å². The second-order valence-corrected chi connectivity index (χ2v) is 6.30. The molecule has 0 aliphatic carbocycles. The third-order valence-electron chi connectivity index (χ3n) is 4.62. The van der Waals surface area contributed by atoms with E-state index < -0.39 is 0 Å². The number of ether oxygens (including phenoxy) is 2. The minimum Gasteiger partial charge on any atom is -0.493 e. The maximum Gasteiger partial charge on any atom is 0.200 e. The molecule has 1 aliphatic heterocycles. The van der Waals surface area contributed by atoms with Crippen molar-refractivity contribution in [2.45, 2.75) is 26.4 Å². The molecule has 0 fully saturated rings. The molecule has 0 saturated carbocycles. The lowest BCUT2D eigenvalue weighted by atomic mass is 9.99. The van der Waals surface area contributed by atoms with Gasteiger partial charge in [-0.15, -0.1) is 0 Å². The highest BCUT2D eigenvalue weighted by molar-refractivity contribution is 5.96. The molecule has 0 unspecified atom stereocenters. The van der Waals surface area contributed by atoms with Crippen molar-refractivity contribution in [2.75, 3.05) is 7.11 Å². The first-order chi connectivity index (χ1) is 11.5. The van der Waals surface area contributed by atoms with Gasteiger partial charge < -0.3 is 13.9 Å². The molecule has 2 aromatic carbocycles. The first-order valence-electron chi connectivity index (χ1n) is 7.89. The fourth-order valence-corrected chi connectivity index (χ4v) is 3.34. The average molecular weight is 322 g/mol. The zero-order chi connectivity index (χ0) is 17.0. The van der Waals surface area contributed by atoms with Gasteiger partial charge in [0.25, 0.3) is 0 Å². The Balaban J connectivity index is 2.13. The van der Waals surface area contributed by atoms with Crippen molar-refractivity contribution in [3.63, 3.8) is 0 Å². The zero-order valence-electron chi connectivity index (χ0n) is 13.9. The summed E-state index contributed by atoms with van der Waals surface area (Å²) in [5.41, 5.74) is 3.76. The van der Waals surface area contributed by atoms with Crippen LogP contribution in [0.4, 0.5) is 0 Å². The van der Waals surface area contributed by atoms with Crippen LogP contribution in [0.2, 0.25) is 0 Å². The number of rotatable bonds is 2. The SMILES string of the molecule is C=C(C)[C@H]1Cc2c(cc(C)c3c(=O)c4cccc(OC)c4oc23)O1. The highest BCUT2D eigenvalue weighted by Crippen LogP contribution is 2.39. The lowest BCUT2D eigenvalue weighted by Gasteiger charge is -2.10. The minimum absolute atomic E-state index is 0.0378. The number of aryl methyl sites for hydroxylation is 1. The standard InChI is InChI=1S/C20H18O4/c1-10(2)15-9-13-16(23-15)8-11(3)17-18(21)12-6-5-7-14(22-4)19(12)24-20(13)17/h5-8,15H,1,9H2,2-4H3/t15-/m1/s1. The number of para-hydroxylation sites is 1. The van der Waals surface area contributed by atoms with Crippen LogP contribution in [-0.4, -0.2) is 13.2 Å². The van der Waals surface area contributed by atoms with Crippen molar-refractivity contribution in [1.29, 1.82) is 0 Å². The van der Waals surface area contributed by atoms with E-state index in [1.54, 1.807) is 25.3 Å². The molecule has 3 aromatic rings. The zero-order valence-corrected chi connectivity index (χ0v) is 13.9. The predicted molar refractivity (Wildman–Crippen MR) is 94.2 cm³/mol. The van der Waals surface area contributed by atoms with Crippen molar-refractivity contribution < 1.29 is 13.9 Å². The van der Waals surface area contributed by atoms with E-state index >= 15 is 0 Å². The Hall–Kier alpha value is -2.75. The summed E-state index contributed by atoms with van der Waals surface area (Å²) in [6.07, 6.45) is 0.578. The minimum atomic E-state index is -0.0799. The van der Waals surface area contributed by atoms with Crippen LogP contribution >= 0.6 is 0 Å². The largest absolute Gasteiger partial charge is 0.493 e. The van der Waals surface area contributed by atoms with E-state index in [2.05, 4.69) is 6.58 Å². The number of fused-ring (bicyclic) bond motifs is 4. The van der Waals surface area contributed by atoms with Gasteiger partial charge >= 0.3 is 0 Å². The Bertz CT molecular complexity index is 1060. The van der Waals surface area contributed by atoms with Gasteiger partial charge in [0, 0.05) is 12.0 Å². The van der Waals surface area contributed by atoms with E-state index in [-0.39, 0.29) is 11.5 Å². The van der Waals surface area contributed by atoms with Crippen LogP contribution in [0.5, 0.6) is 11.5 Å². The molecule has 2 heterocycles. The first-order valence-corrected chi connectivity index (χ1v) is 7.89. The Morgan fingerprint density at radius 1 is 1.33 bits per heavy atom. The van der Waals surface area contributed by atoms with E-state index in [1.807, 2.05) is 19.9 Å². The molecule has 4 rings (SSSR count). The van der Waals surface area contributed by atoms with E-state index in [1.165, 1.54) is 0 Å². The van der Waals surface area contributed by atoms with Gasteiger partial charge in [0.15, 0.2) is 11.3 Å². The molecule has 4 heteroatoms. The quantitative estimate of drug-likeness (QED) is 0.525. The smallest absolute Gasteiger partial charge is 0.200 e. The van der Waals surface area contributed by atoms with E-state index in [4.69, 9.17) is 13.9 Å². The fraction of sp³-hybridized carbons (Fsp3) is 0.250. The molecule has 0 amide bonds. The highest BCUT2D eigenvalue weighted by atomic mass is 16.5. The number of hydrogen-bond donors (Lipinski definition) is 0. The van der Waals surface area contributed by atoms with Gasteiger partial charge in [0.1, 0.15) is 17.4 Å². The van der Waals surface area contributed by atoms with Crippen LogP contribution in [0.3, 0.4) is 0 Å². The van der Waals surface area contributed by atoms with Gasteiger partial charge in [-0.1, -0.05) is 12.6 Å². The van der Waals surface area contributed by atoms with Crippen LogP contribution in [0, 0.1) is 6.92 Å². The van der Waals surface area contributed by atoms with Gasteiger partial charge in [-0.05, 0) is 43.2 Å². The lowest BCUT2D eigenvalue weighted by Crippen LogP contribution is -2.13. The summed E-state index contributed by atoms with van der Waals surface area (Å²) >= 11 is 0. The lowest BCUT2D eigenvalue weighted by molar-refractivity contribution is 0.271. The number of methoxy groups -OCH3 is 1. The summed E-state index contributed by atoms with van der Waals surface area (Å²) in [6.45, 7) is 7.83. The second-order valence-electron chi connectivity index (χ2n) is 6.30. The molecule has 0 spiro atoms. The third kappa shape index (κ3) is 1.96. The number of benzene rings is 2. The molecular weight excluding hydrogens is 304 g/mol. The van der Waals surface area contributed by atoms with Gasteiger partial charge in [0.05, 0.1) is 17.9 Å². The van der Waals surface area contributed by atoms with Crippen molar-refractivity contribution in [3.8, 4) is 11.5 Å². The van der Waals surface area contributed by atoms with Crippen LogP contribution in [0.15, 0.2) is 45.6 Å². The molecule has 1 aromatic heterocycles.